The van der Waals surface area contributed by atoms with E-state index in [9.17, 15) is 9.00 Å². The molecule has 0 bridgehead atoms. The van der Waals surface area contributed by atoms with Crippen LogP contribution in [0.1, 0.15) is 39.0 Å². The summed E-state index contributed by atoms with van der Waals surface area (Å²) in [5.74, 6) is 1.27. The Balaban J connectivity index is 2.20. The van der Waals surface area contributed by atoms with Crippen molar-refractivity contribution in [3.63, 3.8) is 0 Å². The number of amides is 1. The van der Waals surface area contributed by atoms with Crippen LogP contribution in [0.2, 0.25) is 0 Å². The molecule has 0 aliphatic carbocycles. The van der Waals surface area contributed by atoms with Gasteiger partial charge in [-0.3, -0.25) is 9.00 Å². The van der Waals surface area contributed by atoms with Gasteiger partial charge in [0.15, 0.2) is 0 Å². The van der Waals surface area contributed by atoms with Crippen LogP contribution in [-0.2, 0) is 15.6 Å². The lowest BCUT2D eigenvalue weighted by Crippen LogP contribution is -2.14. The molecule has 0 fully saturated rings. The number of nitrogens with one attached hydrogen (secondary N) is 1. The first-order chi connectivity index (χ1) is 9.63. The molecule has 1 atom stereocenters. The van der Waals surface area contributed by atoms with Gasteiger partial charge in [-0.15, -0.1) is 0 Å². The van der Waals surface area contributed by atoms with E-state index in [1.165, 1.54) is 0 Å². The van der Waals surface area contributed by atoms with E-state index in [4.69, 9.17) is 5.73 Å². The molecule has 0 aliphatic heterocycles. The van der Waals surface area contributed by atoms with Crippen molar-refractivity contribution < 1.29 is 9.00 Å². The van der Waals surface area contributed by atoms with Gasteiger partial charge < -0.3 is 11.1 Å². The third-order valence-electron chi connectivity index (χ3n) is 2.99. The predicted octanol–water partition coefficient (Wildman–Crippen LogP) is 2.93. The molecule has 0 saturated heterocycles. The summed E-state index contributed by atoms with van der Waals surface area (Å²) >= 11 is 0. The second-order valence-electron chi connectivity index (χ2n) is 4.79. The fourth-order valence-corrected chi connectivity index (χ4v) is 3.03. The van der Waals surface area contributed by atoms with E-state index in [0.29, 0.717) is 30.0 Å². The SMILES string of the molecule is CCCCCS(=O)CCCC(=O)Nc1ccccc1N. The number of benzene rings is 1. The number of hydrogen-bond donors (Lipinski definition) is 2. The van der Waals surface area contributed by atoms with Crippen molar-refractivity contribution in [1.29, 1.82) is 0 Å². The summed E-state index contributed by atoms with van der Waals surface area (Å²) in [5.41, 5.74) is 6.95. The monoisotopic (exact) mass is 296 g/mol. The number of nitrogen functional groups attached to an aromatic ring is 1. The Labute approximate surface area is 123 Å². The van der Waals surface area contributed by atoms with Crippen LogP contribution in [0.5, 0.6) is 0 Å². The van der Waals surface area contributed by atoms with Crippen LogP contribution in [0.3, 0.4) is 0 Å². The smallest absolute Gasteiger partial charge is 0.224 e. The Morgan fingerprint density at radius 3 is 2.60 bits per heavy atom. The summed E-state index contributed by atoms with van der Waals surface area (Å²) in [4.78, 5) is 11.7. The van der Waals surface area contributed by atoms with E-state index in [1.54, 1.807) is 12.1 Å². The van der Waals surface area contributed by atoms with Gasteiger partial charge in [0.25, 0.3) is 0 Å². The third kappa shape index (κ3) is 6.70. The first kappa shape index (κ1) is 16.7. The molecule has 0 spiro atoms. The van der Waals surface area contributed by atoms with E-state index >= 15 is 0 Å². The quantitative estimate of drug-likeness (QED) is 0.543. The largest absolute Gasteiger partial charge is 0.397 e. The first-order valence-corrected chi connectivity index (χ1v) is 8.61. The molecule has 0 saturated carbocycles. The molecular formula is C15H24N2O2S. The molecule has 0 heterocycles. The number of nitrogens with two attached hydrogens (primary N) is 1. The van der Waals surface area contributed by atoms with Crippen molar-refractivity contribution in [3.8, 4) is 0 Å². The molecule has 112 valence electrons. The van der Waals surface area contributed by atoms with Crippen molar-refractivity contribution in [2.75, 3.05) is 22.6 Å². The molecule has 1 rings (SSSR count). The fourth-order valence-electron chi connectivity index (χ4n) is 1.83. The van der Waals surface area contributed by atoms with Crippen molar-refractivity contribution in [3.05, 3.63) is 24.3 Å². The number of para-hydroxylation sites is 2. The number of hydrogen-bond acceptors (Lipinski definition) is 3. The highest BCUT2D eigenvalue weighted by Crippen LogP contribution is 2.16. The molecule has 1 amide bonds. The van der Waals surface area contributed by atoms with Crippen molar-refractivity contribution in [1.82, 2.24) is 0 Å². The van der Waals surface area contributed by atoms with Gasteiger partial charge in [-0.25, -0.2) is 0 Å². The predicted molar refractivity (Wildman–Crippen MR) is 86.1 cm³/mol. The summed E-state index contributed by atoms with van der Waals surface area (Å²) in [7, 11) is -0.793. The van der Waals surface area contributed by atoms with Gasteiger partial charge in [0.1, 0.15) is 0 Å². The normalized spacial score (nSPS) is 12.1. The minimum atomic E-state index is -0.793. The van der Waals surface area contributed by atoms with E-state index in [2.05, 4.69) is 12.2 Å². The minimum Gasteiger partial charge on any atom is -0.397 e. The summed E-state index contributed by atoms with van der Waals surface area (Å²) < 4.78 is 11.7. The Morgan fingerprint density at radius 2 is 1.90 bits per heavy atom. The minimum absolute atomic E-state index is 0.0755. The van der Waals surface area contributed by atoms with Gasteiger partial charge in [-0.1, -0.05) is 31.9 Å². The average molecular weight is 296 g/mol. The lowest BCUT2D eigenvalue weighted by Gasteiger charge is -2.07. The molecule has 0 radical (unpaired) electrons. The van der Waals surface area contributed by atoms with E-state index in [-0.39, 0.29) is 5.91 Å². The first-order valence-electron chi connectivity index (χ1n) is 7.12. The maximum atomic E-state index is 11.7. The molecule has 5 heteroatoms. The highest BCUT2D eigenvalue weighted by atomic mass is 32.2. The molecule has 0 aliphatic rings. The zero-order chi connectivity index (χ0) is 14.8. The Morgan fingerprint density at radius 1 is 1.20 bits per heavy atom. The fraction of sp³-hybridized carbons (Fsp3) is 0.533. The molecule has 0 aromatic heterocycles. The molecule has 1 aromatic carbocycles. The summed E-state index contributed by atoms with van der Waals surface area (Å²) in [6, 6.07) is 7.17. The van der Waals surface area contributed by atoms with Crippen LogP contribution in [0.25, 0.3) is 0 Å². The molecule has 20 heavy (non-hydrogen) atoms. The number of carbonyl (C=O) groups is 1. The van der Waals surface area contributed by atoms with Crippen LogP contribution in [0, 0.1) is 0 Å². The Kier molecular flexibility index (Phi) is 7.95. The highest BCUT2D eigenvalue weighted by molar-refractivity contribution is 7.84. The van der Waals surface area contributed by atoms with Crippen molar-refractivity contribution >= 4 is 28.1 Å². The average Bonchev–Trinajstić information content (AvgIpc) is 2.42. The van der Waals surface area contributed by atoms with Gasteiger partial charge in [-0.05, 0) is 25.0 Å². The van der Waals surface area contributed by atoms with Crippen molar-refractivity contribution in [2.24, 2.45) is 0 Å². The number of carbonyl (C=O) groups excluding carboxylic acids is 1. The zero-order valence-corrected chi connectivity index (χ0v) is 12.9. The summed E-state index contributed by atoms with van der Waals surface area (Å²) in [6.45, 7) is 2.13. The number of rotatable bonds is 9. The second-order valence-corrected chi connectivity index (χ2v) is 6.49. The van der Waals surface area contributed by atoms with Crippen LogP contribution >= 0.6 is 0 Å². The van der Waals surface area contributed by atoms with Gasteiger partial charge >= 0.3 is 0 Å². The maximum Gasteiger partial charge on any atom is 0.224 e. The van der Waals surface area contributed by atoms with Crippen LogP contribution in [0.4, 0.5) is 11.4 Å². The topological polar surface area (TPSA) is 72.2 Å². The van der Waals surface area contributed by atoms with Crippen LogP contribution in [0.15, 0.2) is 24.3 Å². The molecule has 4 nitrogen and oxygen atoms in total. The van der Waals surface area contributed by atoms with Gasteiger partial charge in [0.05, 0.1) is 11.4 Å². The molecule has 3 N–H and O–H groups in total. The summed E-state index contributed by atoms with van der Waals surface area (Å²) in [6.07, 6.45) is 4.30. The lowest BCUT2D eigenvalue weighted by molar-refractivity contribution is -0.116. The van der Waals surface area contributed by atoms with E-state index in [1.807, 2.05) is 12.1 Å². The Bertz CT molecular complexity index is 449. The number of anilines is 2. The maximum absolute atomic E-state index is 11.7. The molecule has 1 aromatic rings. The van der Waals surface area contributed by atoms with Crippen LogP contribution < -0.4 is 11.1 Å². The Hall–Kier alpha value is -1.36. The zero-order valence-electron chi connectivity index (χ0n) is 12.1. The standard InChI is InChI=1S/C15H24N2O2S/c1-2-3-6-11-20(19)12-7-10-15(18)17-14-9-5-4-8-13(14)16/h4-5,8-9H,2-3,6-7,10-12,16H2,1H3,(H,17,18). The number of unbranched alkanes of at least 4 members (excludes halogenated alkanes) is 2. The van der Waals surface area contributed by atoms with Gasteiger partial charge in [0, 0.05) is 28.7 Å². The molecular weight excluding hydrogens is 272 g/mol. The third-order valence-corrected chi connectivity index (χ3v) is 4.47. The van der Waals surface area contributed by atoms with Crippen molar-refractivity contribution in [2.45, 2.75) is 39.0 Å². The second kappa shape index (κ2) is 9.53. The van der Waals surface area contributed by atoms with Crippen LogP contribution in [-0.4, -0.2) is 21.6 Å². The van der Waals surface area contributed by atoms with Gasteiger partial charge in [0.2, 0.25) is 5.91 Å². The van der Waals surface area contributed by atoms with Gasteiger partial charge in [-0.2, -0.15) is 0 Å². The highest BCUT2D eigenvalue weighted by Gasteiger charge is 2.06. The molecule has 1 unspecified atom stereocenters. The summed E-state index contributed by atoms with van der Waals surface area (Å²) in [5, 5.41) is 2.77. The van der Waals surface area contributed by atoms with E-state index in [0.717, 1.165) is 25.0 Å². The lowest BCUT2D eigenvalue weighted by atomic mass is 10.2. The van der Waals surface area contributed by atoms with E-state index < -0.39 is 10.8 Å².